The van der Waals surface area contributed by atoms with E-state index in [1.807, 2.05) is 0 Å². The molecule has 0 bridgehead atoms. The van der Waals surface area contributed by atoms with E-state index in [4.69, 9.17) is 9.52 Å². The van der Waals surface area contributed by atoms with Crippen molar-refractivity contribution in [1.82, 2.24) is 9.88 Å². The fourth-order valence-corrected chi connectivity index (χ4v) is 2.93. The summed E-state index contributed by atoms with van der Waals surface area (Å²) in [4.78, 5) is 28.4. The molecular weight excluding hydrogens is 372 g/mol. The Labute approximate surface area is 150 Å². The number of hydrogen-bond acceptors (Lipinski definition) is 4. The van der Waals surface area contributed by atoms with E-state index < -0.39 is 42.3 Å². The van der Waals surface area contributed by atoms with Crippen molar-refractivity contribution in [3.05, 3.63) is 42.0 Å². The molecule has 1 aliphatic rings. The van der Waals surface area contributed by atoms with E-state index in [-0.39, 0.29) is 24.6 Å². The molecule has 6 nitrogen and oxygen atoms in total. The van der Waals surface area contributed by atoms with Gasteiger partial charge in [0, 0.05) is 18.7 Å². The summed E-state index contributed by atoms with van der Waals surface area (Å²) in [7, 11) is 0. The van der Waals surface area contributed by atoms with E-state index in [9.17, 15) is 27.2 Å². The van der Waals surface area contributed by atoms with Gasteiger partial charge in [-0.05, 0) is 30.7 Å². The zero-order valence-corrected chi connectivity index (χ0v) is 13.8. The Morgan fingerprint density at radius 1 is 1.26 bits per heavy atom. The molecule has 1 saturated heterocycles. The first-order chi connectivity index (χ1) is 12.6. The van der Waals surface area contributed by atoms with Crippen molar-refractivity contribution in [2.45, 2.75) is 19.0 Å². The number of benzene rings is 1. The van der Waals surface area contributed by atoms with Gasteiger partial charge in [0.15, 0.2) is 5.41 Å². The van der Waals surface area contributed by atoms with Gasteiger partial charge in [0.1, 0.15) is 12.1 Å². The van der Waals surface area contributed by atoms with Crippen LogP contribution in [0.5, 0.6) is 0 Å². The first-order valence-corrected chi connectivity index (χ1v) is 7.91. The fourth-order valence-electron chi connectivity index (χ4n) is 2.93. The van der Waals surface area contributed by atoms with Crippen molar-refractivity contribution in [1.29, 1.82) is 0 Å². The van der Waals surface area contributed by atoms with Crippen LogP contribution >= 0.6 is 0 Å². The standard InChI is InChI=1S/C17H14F4N2O4/c18-11-3-1-10(2-4-11)14-22-12(8-27-14)7-13(24)23-6-5-16(9-23,15(25)26)17(19,20)21/h1-4,8H,5-7,9H2,(H,25,26). The molecule has 1 aromatic carbocycles. The van der Waals surface area contributed by atoms with E-state index in [1.165, 1.54) is 30.5 Å². The lowest BCUT2D eigenvalue weighted by molar-refractivity contribution is -0.227. The van der Waals surface area contributed by atoms with Crippen molar-refractivity contribution in [3.8, 4) is 11.5 Å². The number of nitrogens with zero attached hydrogens (tertiary/aromatic N) is 2. The topological polar surface area (TPSA) is 83.6 Å². The number of hydrogen-bond donors (Lipinski definition) is 1. The van der Waals surface area contributed by atoms with Crippen LogP contribution in [0, 0.1) is 11.2 Å². The van der Waals surface area contributed by atoms with Crippen molar-refractivity contribution >= 4 is 11.9 Å². The van der Waals surface area contributed by atoms with Crippen LogP contribution in [0.15, 0.2) is 34.9 Å². The number of alkyl halides is 3. The van der Waals surface area contributed by atoms with Crippen LogP contribution in [0.2, 0.25) is 0 Å². The van der Waals surface area contributed by atoms with E-state index in [2.05, 4.69) is 4.98 Å². The SMILES string of the molecule is O=C(Cc1coc(-c2ccc(F)cc2)n1)N1CCC(C(=O)O)(C(F)(F)F)C1. The highest BCUT2D eigenvalue weighted by Crippen LogP contribution is 2.45. The highest BCUT2D eigenvalue weighted by atomic mass is 19.4. The molecule has 1 N–H and O–H groups in total. The zero-order valence-electron chi connectivity index (χ0n) is 13.8. The first-order valence-electron chi connectivity index (χ1n) is 7.91. The number of aromatic nitrogens is 1. The molecule has 2 heterocycles. The molecule has 0 aliphatic carbocycles. The van der Waals surface area contributed by atoms with Gasteiger partial charge >= 0.3 is 12.1 Å². The average Bonchev–Trinajstić information content (AvgIpc) is 3.22. The van der Waals surface area contributed by atoms with Crippen LogP contribution in [-0.2, 0) is 16.0 Å². The minimum atomic E-state index is -4.96. The quantitative estimate of drug-likeness (QED) is 0.817. The lowest BCUT2D eigenvalue weighted by Gasteiger charge is -2.27. The van der Waals surface area contributed by atoms with Crippen molar-refractivity contribution < 1.29 is 36.7 Å². The van der Waals surface area contributed by atoms with Crippen LogP contribution in [0.25, 0.3) is 11.5 Å². The molecular formula is C17H14F4N2O4. The first kappa shape index (κ1) is 18.9. The minimum absolute atomic E-state index is 0.134. The van der Waals surface area contributed by atoms with Gasteiger partial charge in [-0.25, -0.2) is 9.37 Å². The minimum Gasteiger partial charge on any atom is -0.481 e. The number of carbonyl (C=O) groups is 2. The van der Waals surface area contributed by atoms with Gasteiger partial charge in [-0.1, -0.05) is 0 Å². The molecule has 1 unspecified atom stereocenters. The molecule has 0 saturated carbocycles. The number of aliphatic carboxylic acids is 1. The van der Waals surface area contributed by atoms with Crippen molar-refractivity contribution in [2.24, 2.45) is 5.41 Å². The maximum absolute atomic E-state index is 13.2. The molecule has 0 spiro atoms. The average molecular weight is 386 g/mol. The molecule has 1 aliphatic heterocycles. The van der Waals surface area contributed by atoms with Crippen LogP contribution < -0.4 is 0 Å². The molecule has 144 valence electrons. The predicted molar refractivity (Wildman–Crippen MR) is 82.9 cm³/mol. The summed E-state index contributed by atoms with van der Waals surface area (Å²) in [5.41, 5.74) is -2.30. The highest BCUT2D eigenvalue weighted by Gasteiger charge is 2.64. The van der Waals surface area contributed by atoms with Crippen molar-refractivity contribution in [2.75, 3.05) is 13.1 Å². The smallest absolute Gasteiger partial charge is 0.406 e. The number of amides is 1. The Kier molecular flexibility index (Phi) is 4.66. The van der Waals surface area contributed by atoms with Gasteiger partial charge in [-0.15, -0.1) is 0 Å². The van der Waals surface area contributed by atoms with E-state index in [0.29, 0.717) is 5.56 Å². The van der Waals surface area contributed by atoms with Crippen LogP contribution in [0.1, 0.15) is 12.1 Å². The van der Waals surface area contributed by atoms with Gasteiger partial charge < -0.3 is 14.4 Å². The fraction of sp³-hybridized carbons (Fsp3) is 0.353. The molecule has 2 aromatic rings. The Hall–Kier alpha value is -2.91. The van der Waals surface area contributed by atoms with Crippen LogP contribution in [0.3, 0.4) is 0 Å². The summed E-state index contributed by atoms with van der Waals surface area (Å²) in [5, 5.41) is 9.03. The highest BCUT2D eigenvalue weighted by molar-refractivity contribution is 5.82. The van der Waals surface area contributed by atoms with Gasteiger partial charge in [0.2, 0.25) is 11.8 Å². The van der Waals surface area contributed by atoms with Gasteiger partial charge in [0.25, 0.3) is 0 Å². The van der Waals surface area contributed by atoms with E-state index >= 15 is 0 Å². The number of carboxylic acid groups (broad SMARTS) is 1. The summed E-state index contributed by atoms with van der Waals surface area (Å²) in [6.45, 7) is -1.25. The van der Waals surface area contributed by atoms with Crippen LogP contribution in [0.4, 0.5) is 17.6 Å². The lowest BCUT2D eigenvalue weighted by Crippen LogP contribution is -2.47. The number of halogens is 4. The number of oxazole rings is 1. The normalized spacial score (nSPS) is 20.1. The number of carboxylic acids is 1. The number of rotatable bonds is 4. The second-order valence-electron chi connectivity index (χ2n) is 6.28. The molecule has 1 aromatic heterocycles. The summed E-state index contributed by atoms with van der Waals surface area (Å²) in [5.74, 6) is -2.98. The Morgan fingerprint density at radius 3 is 2.48 bits per heavy atom. The summed E-state index contributed by atoms with van der Waals surface area (Å²) in [6.07, 6.45) is -4.81. The summed E-state index contributed by atoms with van der Waals surface area (Å²) < 4.78 is 57.7. The van der Waals surface area contributed by atoms with Gasteiger partial charge in [-0.3, -0.25) is 9.59 Å². The van der Waals surface area contributed by atoms with E-state index in [0.717, 1.165) is 4.90 Å². The second-order valence-corrected chi connectivity index (χ2v) is 6.28. The molecule has 10 heteroatoms. The number of likely N-dealkylation sites (tertiary alicyclic amines) is 1. The largest absolute Gasteiger partial charge is 0.481 e. The zero-order chi connectivity index (χ0) is 19.8. The van der Waals surface area contributed by atoms with Crippen LogP contribution in [-0.4, -0.2) is 46.1 Å². The monoisotopic (exact) mass is 386 g/mol. The lowest BCUT2D eigenvalue weighted by atomic mass is 9.86. The maximum atomic E-state index is 13.2. The second kappa shape index (κ2) is 6.67. The van der Waals surface area contributed by atoms with Gasteiger partial charge in [-0.2, -0.15) is 13.2 Å². The third-order valence-corrected chi connectivity index (χ3v) is 4.55. The third kappa shape index (κ3) is 3.51. The Balaban J connectivity index is 1.70. The Bertz CT molecular complexity index is 863. The summed E-state index contributed by atoms with van der Waals surface area (Å²) >= 11 is 0. The molecule has 1 amide bonds. The van der Waals surface area contributed by atoms with Crippen molar-refractivity contribution in [3.63, 3.8) is 0 Å². The maximum Gasteiger partial charge on any atom is 0.406 e. The number of carbonyl (C=O) groups excluding carboxylic acids is 1. The molecule has 1 fully saturated rings. The summed E-state index contributed by atoms with van der Waals surface area (Å²) in [6, 6.07) is 5.27. The van der Waals surface area contributed by atoms with E-state index in [1.54, 1.807) is 0 Å². The molecule has 1 atom stereocenters. The van der Waals surface area contributed by atoms with Gasteiger partial charge in [0.05, 0.1) is 12.1 Å². The third-order valence-electron chi connectivity index (χ3n) is 4.55. The molecule has 3 rings (SSSR count). The molecule has 27 heavy (non-hydrogen) atoms. The molecule has 0 radical (unpaired) electrons. The Morgan fingerprint density at radius 2 is 1.93 bits per heavy atom. The predicted octanol–water partition coefficient (Wildman–Crippen LogP) is 2.89.